The molecule has 1 N–H and O–H groups in total. The van der Waals surface area contributed by atoms with E-state index in [1.54, 1.807) is 56.9 Å². The Hall–Kier alpha value is -4.13. The van der Waals surface area contributed by atoms with Gasteiger partial charge in [-0.2, -0.15) is 5.10 Å². The number of rotatable bonds is 6. The molecule has 2 aromatic carbocycles. The van der Waals surface area contributed by atoms with Crippen LogP contribution in [0.4, 0.5) is 0 Å². The highest BCUT2D eigenvalue weighted by molar-refractivity contribution is 6.07. The molecule has 4 rings (SSSR count). The van der Waals surface area contributed by atoms with E-state index in [0.29, 0.717) is 39.6 Å². The van der Waals surface area contributed by atoms with E-state index in [2.05, 4.69) is 15.5 Å². The molecule has 1 amide bonds. The summed E-state index contributed by atoms with van der Waals surface area (Å²) >= 11 is 0. The first kappa shape index (κ1) is 19.2. The number of amides is 1. The van der Waals surface area contributed by atoms with Gasteiger partial charge >= 0.3 is 0 Å². The molecule has 0 aliphatic carbocycles. The number of fused-ring (bicyclic) bond motifs is 1. The molecule has 4 aromatic rings. The minimum atomic E-state index is -0.356. The molecule has 0 unspecified atom stereocenters. The summed E-state index contributed by atoms with van der Waals surface area (Å²) in [6.07, 6.45) is 3.09. The molecule has 0 aliphatic heterocycles. The van der Waals surface area contributed by atoms with Crippen LogP contribution >= 0.6 is 0 Å². The molecule has 0 spiro atoms. The van der Waals surface area contributed by atoms with Gasteiger partial charge in [-0.25, -0.2) is 10.4 Å². The predicted octanol–water partition coefficient (Wildman–Crippen LogP) is 4.28. The number of hydrogen-bond acceptors (Lipinski definition) is 6. The van der Waals surface area contributed by atoms with Crippen LogP contribution in [0, 0.1) is 0 Å². The number of hydrogen-bond donors (Lipinski definition) is 1. The third-order valence-electron chi connectivity index (χ3n) is 4.54. The fraction of sp³-hybridized carbons (Fsp3) is 0.0870. The number of nitrogens with one attached hydrogen (secondary N) is 1. The van der Waals surface area contributed by atoms with Gasteiger partial charge < -0.3 is 13.9 Å². The van der Waals surface area contributed by atoms with Crippen LogP contribution in [0.15, 0.2) is 76.4 Å². The number of methoxy groups -OCH3 is 2. The smallest absolute Gasteiger partial charge is 0.272 e. The van der Waals surface area contributed by atoms with Gasteiger partial charge in [0, 0.05) is 17.0 Å². The molecule has 150 valence electrons. The van der Waals surface area contributed by atoms with Crippen LogP contribution in [0.3, 0.4) is 0 Å². The minimum absolute atomic E-state index is 0.356. The Balaban J connectivity index is 1.63. The van der Waals surface area contributed by atoms with E-state index < -0.39 is 0 Å². The summed E-state index contributed by atoms with van der Waals surface area (Å²) in [4.78, 5) is 17.5. The highest BCUT2D eigenvalue weighted by Gasteiger charge is 2.14. The van der Waals surface area contributed by atoms with Gasteiger partial charge in [0.2, 0.25) is 0 Å². The summed E-state index contributed by atoms with van der Waals surface area (Å²) in [6.45, 7) is 0. The summed E-state index contributed by atoms with van der Waals surface area (Å²) in [5, 5.41) is 4.82. The van der Waals surface area contributed by atoms with E-state index >= 15 is 0 Å². The SMILES string of the molecule is COc1ccc(/C=N\NC(=O)c2cc(-c3ccco3)nc3ccccc23)c(OC)c1. The number of carbonyl (C=O) groups excluding carboxylic acids is 1. The van der Waals surface area contributed by atoms with Crippen LogP contribution < -0.4 is 14.9 Å². The van der Waals surface area contributed by atoms with Crippen LogP contribution in [0.5, 0.6) is 11.5 Å². The Bertz CT molecular complexity index is 1220. The van der Waals surface area contributed by atoms with Crippen molar-refractivity contribution < 1.29 is 18.7 Å². The van der Waals surface area contributed by atoms with Crippen molar-refractivity contribution in [2.24, 2.45) is 5.10 Å². The van der Waals surface area contributed by atoms with E-state index in [4.69, 9.17) is 13.9 Å². The van der Waals surface area contributed by atoms with E-state index in [1.165, 1.54) is 6.21 Å². The number of benzene rings is 2. The maximum Gasteiger partial charge on any atom is 0.272 e. The topological polar surface area (TPSA) is 86.0 Å². The standard InChI is InChI=1S/C23H19N3O4/c1-28-16-10-9-15(22(12-16)29-2)14-24-26-23(27)18-13-20(21-8-5-11-30-21)25-19-7-4-3-6-17(18)19/h3-14H,1-2H3,(H,26,27)/b24-14-. The number of aromatic nitrogens is 1. The zero-order valence-corrected chi connectivity index (χ0v) is 16.5. The minimum Gasteiger partial charge on any atom is -0.497 e. The van der Waals surface area contributed by atoms with Crippen LogP contribution in [-0.4, -0.2) is 31.3 Å². The van der Waals surface area contributed by atoms with Gasteiger partial charge in [-0.15, -0.1) is 0 Å². The Labute approximate surface area is 173 Å². The summed E-state index contributed by atoms with van der Waals surface area (Å²) in [5.74, 6) is 1.48. The molecule has 2 aromatic heterocycles. The van der Waals surface area contributed by atoms with Gasteiger partial charge in [-0.3, -0.25) is 4.79 Å². The Morgan fingerprint density at radius 3 is 2.70 bits per heavy atom. The molecular weight excluding hydrogens is 382 g/mol. The summed E-state index contributed by atoms with van der Waals surface area (Å²) in [6, 6.07) is 18.0. The van der Waals surface area contributed by atoms with Crippen LogP contribution in [-0.2, 0) is 0 Å². The Kier molecular flexibility index (Phi) is 5.43. The molecule has 0 radical (unpaired) electrons. The van der Waals surface area contributed by atoms with Gasteiger partial charge in [0.1, 0.15) is 17.2 Å². The lowest BCUT2D eigenvalue weighted by Crippen LogP contribution is -2.18. The molecule has 7 heteroatoms. The van der Waals surface area contributed by atoms with E-state index in [-0.39, 0.29) is 5.91 Å². The number of carbonyl (C=O) groups is 1. The second-order valence-corrected chi connectivity index (χ2v) is 6.36. The Morgan fingerprint density at radius 1 is 1.07 bits per heavy atom. The zero-order chi connectivity index (χ0) is 20.9. The second kappa shape index (κ2) is 8.48. The number of nitrogens with zero attached hydrogens (tertiary/aromatic N) is 2. The molecule has 30 heavy (non-hydrogen) atoms. The lowest BCUT2D eigenvalue weighted by Gasteiger charge is -2.08. The van der Waals surface area contributed by atoms with Crippen molar-refractivity contribution in [1.29, 1.82) is 0 Å². The first-order chi connectivity index (χ1) is 14.7. The van der Waals surface area contributed by atoms with Gasteiger partial charge in [0.15, 0.2) is 5.76 Å². The second-order valence-electron chi connectivity index (χ2n) is 6.36. The number of hydrazone groups is 1. The number of furan rings is 1. The average molecular weight is 401 g/mol. The van der Waals surface area contributed by atoms with E-state index in [9.17, 15) is 4.79 Å². The van der Waals surface area contributed by atoms with Gasteiger partial charge in [0.05, 0.1) is 37.8 Å². The maximum absolute atomic E-state index is 12.9. The van der Waals surface area contributed by atoms with Crippen molar-refractivity contribution >= 4 is 23.0 Å². The molecule has 0 atom stereocenters. The zero-order valence-electron chi connectivity index (χ0n) is 16.5. The van der Waals surface area contributed by atoms with Gasteiger partial charge in [-0.05, 0) is 36.4 Å². The monoisotopic (exact) mass is 401 g/mol. The Morgan fingerprint density at radius 2 is 1.93 bits per heavy atom. The number of ether oxygens (including phenoxy) is 2. The first-order valence-corrected chi connectivity index (χ1v) is 9.18. The fourth-order valence-corrected chi connectivity index (χ4v) is 3.06. The first-order valence-electron chi connectivity index (χ1n) is 9.18. The molecular formula is C23H19N3O4. The normalized spacial score (nSPS) is 11.0. The largest absolute Gasteiger partial charge is 0.497 e. The third kappa shape index (κ3) is 3.86. The lowest BCUT2D eigenvalue weighted by atomic mass is 10.1. The summed E-state index contributed by atoms with van der Waals surface area (Å²) in [7, 11) is 3.14. The molecule has 7 nitrogen and oxygen atoms in total. The molecule has 0 saturated heterocycles. The highest BCUT2D eigenvalue weighted by Crippen LogP contribution is 2.25. The molecule has 0 bridgehead atoms. The molecule has 0 saturated carbocycles. The summed E-state index contributed by atoms with van der Waals surface area (Å²) in [5.41, 5.74) is 5.00. The van der Waals surface area contributed by atoms with Crippen molar-refractivity contribution in [2.45, 2.75) is 0 Å². The van der Waals surface area contributed by atoms with Crippen molar-refractivity contribution in [3.05, 3.63) is 78.1 Å². The number of pyridine rings is 1. The molecule has 2 heterocycles. The van der Waals surface area contributed by atoms with Gasteiger partial charge in [-0.1, -0.05) is 18.2 Å². The summed E-state index contributed by atoms with van der Waals surface area (Å²) < 4.78 is 16.0. The van der Waals surface area contributed by atoms with Crippen molar-refractivity contribution in [3.63, 3.8) is 0 Å². The van der Waals surface area contributed by atoms with E-state index in [1.807, 2.05) is 24.3 Å². The molecule has 0 aliphatic rings. The average Bonchev–Trinajstić information content (AvgIpc) is 3.33. The van der Waals surface area contributed by atoms with Crippen LogP contribution in [0.25, 0.3) is 22.4 Å². The third-order valence-corrected chi connectivity index (χ3v) is 4.54. The predicted molar refractivity (Wildman–Crippen MR) is 114 cm³/mol. The quantitative estimate of drug-likeness (QED) is 0.385. The van der Waals surface area contributed by atoms with E-state index in [0.717, 1.165) is 5.39 Å². The van der Waals surface area contributed by atoms with Crippen LogP contribution in [0.1, 0.15) is 15.9 Å². The van der Waals surface area contributed by atoms with Crippen molar-refractivity contribution in [3.8, 4) is 23.0 Å². The molecule has 0 fully saturated rings. The highest BCUT2D eigenvalue weighted by atomic mass is 16.5. The fourth-order valence-electron chi connectivity index (χ4n) is 3.06. The van der Waals surface area contributed by atoms with Gasteiger partial charge in [0.25, 0.3) is 5.91 Å². The maximum atomic E-state index is 12.9. The van der Waals surface area contributed by atoms with Crippen molar-refractivity contribution in [2.75, 3.05) is 14.2 Å². The lowest BCUT2D eigenvalue weighted by molar-refractivity contribution is 0.0956. The number of para-hydroxylation sites is 1. The van der Waals surface area contributed by atoms with Crippen molar-refractivity contribution in [1.82, 2.24) is 10.4 Å². The van der Waals surface area contributed by atoms with Crippen LogP contribution in [0.2, 0.25) is 0 Å².